The molecule has 2 bridgehead atoms. The van der Waals surface area contributed by atoms with Crippen LogP contribution in [0.5, 0.6) is 11.8 Å². The van der Waals surface area contributed by atoms with E-state index in [9.17, 15) is 15.0 Å². The maximum atomic E-state index is 12.1. The van der Waals surface area contributed by atoms with Crippen LogP contribution in [0.4, 0.5) is 0 Å². The van der Waals surface area contributed by atoms with Crippen molar-refractivity contribution in [3.8, 4) is 17.4 Å². The van der Waals surface area contributed by atoms with Crippen LogP contribution in [0.15, 0.2) is 22.7 Å². The number of aromatic hydroxyl groups is 2. The summed E-state index contributed by atoms with van der Waals surface area (Å²) in [5.74, 6) is 0.0523. The van der Waals surface area contributed by atoms with Crippen LogP contribution in [0.3, 0.4) is 0 Å². The maximum absolute atomic E-state index is 12.1. The molecule has 0 radical (unpaired) electrons. The molecule has 1 fully saturated rings. The molecule has 5 rings (SSSR count). The number of ketones is 1. The van der Waals surface area contributed by atoms with E-state index in [1.165, 1.54) is 4.57 Å². The Morgan fingerprint density at radius 1 is 1.18 bits per heavy atom. The molecule has 5 heteroatoms. The molecule has 0 saturated heterocycles. The number of halogens is 1. The third kappa shape index (κ3) is 1.72. The highest BCUT2D eigenvalue weighted by molar-refractivity contribution is 9.10. The van der Waals surface area contributed by atoms with Crippen LogP contribution in [0, 0.1) is 6.92 Å². The summed E-state index contributed by atoms with van der Waals surface area (Å²) in [5, 5.41) is 21.3. The van der Waals surface area contributed by atoms with Gasteiger partial charge >= 0.3 is 0 Å². The Kier molecular flexibility index (Phi) is 2.92. The van der Waals surface area contributed by atoms with Gasteiger partial charge in [-0.25, -0.2) is 0 Å². The summed E-state index contributed by atoms with van der Waals surface area (Å²) in [4.78, 5) is 12.1. The van der Waals surface area contributed by atoms with Gasteiger partial charge in [-0.1, -0.05) is 15.9 Å². The van der Waals surface area contributed by atoms with Crippen molar-refractivity contribution in [2.45, 2.75) is 38.0 Å². The Hall–Kier alpha value is -1.75. The summed E-state index contributed by atoms with van der Waals surface area (Å²) in [6, 6.07) is 5.63. The summed E-state index contributed by atoms with van der Waals surface area (Å²) in [6.45, 7) is 1.96. The molecule has 0 unspecified atom stereocenters. The Balaban J connectivity index is 1.96. The molecule has 22 heavy (non-hydrogen) atoms. The highest BCUT2D eigenvalue weighted by Gasteiger charge is 2.45. The fourth-order valence-electron chi connectivity index (χ4n) is 3.91. The van der Waals surface area contributed by atoms with Crippen molar-refractivity contribution in [2.24, 2.45) is 0 Å². The van der Waals surface area contributed by atoms with Crippen molar-refractivity contribution in [1.29, 1.82) is 0 Å². The van der Waals surface area contributed by atoms with Crippen LogP contribution in [0.2, 0.25) is 0 Å². The zero-order valence-corrected chi connectivity index (χ0v) is 13.7. The van der Waals surface area contributed by atoms with Crippen molar-refractivity contribution in [1.82, 2.24) is 4.57 Å². The quantitative estimate of drug-likeness (QED) is 0.809. The lowest BCUT2D eigenvalue weighted by Gasteiger charge is -2.34. The van der Waals surface area contributed by atoms with E-state index in [-0.39, 0.29) is 29.4 Å². The van der Waals surface area contributed by atoms with Crippen LogP contribution in [0.1, 0.15) is 47.8 Å². The van der Waals surface area contributed by atoms with Crippen molar-refractivity contribution in [3.05, 3.63) is 39.4 Å². The second kappa shape index (κ2) is 4.62. The van der Waals surface area contributed by atoms with Gasteiger partial charge in [-0.15, -0.1) is 0 Å². The smallest absolute Gasteiger partial charge is 0.202 e. The van der Waals surface area contributed by atoms with E-state index in [0.29, 0.717) is 17.7 Å². The maximum Gasteiger partial charge on any atom is 0.202 e. The number of carbonyl (C=O) groups is 1. The third-order valence-corrected chi connectivity index (χ3v) is 5.88. The zero-order chi connectivity index (χ0) is 15.6. The molecule has 1 heterocycles. The van der Waals surface area contributed by atoms with Crippen molar-refractivity contribution >= 4 is 21.7 Å². The van der Waals surface area contributed by atoms with Gasteiger partial charge in [0.1, 0.15) is 5.78 Å². The van der Waals surface area contributed by atoms with Gasteiger partial charge in [0.25, 0.3) is 0 Å². The standard InChI is InChI=1S/C17H16BrNO3/c1-8-6-10(3-5-12(8)18)19-16(21)14-9-2-4-11(13(20)7-9)15(14)17(19)22/h3,5-6,9,11,21-22H,2,4,7H2,1H3/t9-,11+/m0/s1. The number of hydrogen-bond donors (Lipinski definition) is 2. The molecule has 1 aromatic carbocycles. The van der Waals surface area contributed by atoms with E-state index < -0.39 is 0 Å². The molecule has 114 valence electrons. The third-order valence-electron chi connectivity index (χ3n) is 4.99. The summed E-state index contributed by atoms with van der Waals surface area (Å²) in [7, 11) is 0. The average Bonchev–Trinajstić information content (AvgIpc) is 2.76. The van der Waals surface area contributed by atoms with Crippen molar-refractivity contribution < 1.29 is 15.0 Å². The molecule has 3 aliphatic rings. The predicted molar refractivity (Wildman–Crippen MR) is 85.9 cm³/mol. The normalized spacial score (nSPS) is 22.9. The Bertz CT molecular complexity index is 809. The number of aromatic nitrogens is 1. The number of rotatable bonds is 1. The van der Waals surface area contributed by atoms with Gasteiger partial charge in [0.15, 0.2) is 0 Å². The van der Waals surface area contributed by atoms with Crippen molar-refractivity contribution in [2.75, 3.05) is 0 Å². The van der Waals surface area contributed by atoms with Crippen LogP contribution >= 0.6 is 15.9 Å². The molecule has 4 nitrogen and oxygen atoms in total. The molecule has 0 amide bonds. The number of benzene rings is 1. The van der Waals surface area contributed by atoms with E-state index >= 15 is 0 Å². The first-order valence-electron chi connectivity index (χ1n) is 7.44. The Morgan fingerprint density at radius 3 is 2.59 bits per heavy atom. The van der Waals surface area contributed by atoms with E-state index in [1.54, 1.807) is 0 Å². The van der Waals surface area contributed by atoms with Gasteiger partial charge in [0, 0.05) is 27.9 Å². The molecular formula is C17H16BrNO3. The van der Waals surface area contributed by atoms with Gasteiger partial charge in [-0.05, 0) is 49.4 Å². The van der Waals surface area contributed by atoms with Gasteiger partial charge in [0.2, 0.25) is 11.8 Å². The number of aryl methyl sites for hydroxylation is 1. The van der Waals surface area contributed by atoms with Crippen LogP contribution in [-0.2, 0) is 4.79 Å². The number of carbonyl (C=O) groups excluding carboxylic acids is 1. The molecule has 3 aliphatic carbocycles. The highest BCUT2D eigenvalue weighted by atomic mass is 79.9. The van der Waals surface area contributed by atoms with Gasteiger partial charge in [-0.3, -0.25) is 9.36 Å². The fourth-order valence-corrected chi connectivity index (χ4v) is 4.16. The average molecular weight is 362 g/mol. The summed E-state index contributed by atoms with van der Waals surface area (Å²) in [6.07, 6.45) is 2.15. The van der Waals surface area contributed by atoms with Gasteiger partial charge < -0.3 is 10.2 Å². The molecule has 1 aromatic heterocycles. The van der Waals surface area contributed by atoms with E-state index in [4.69, 9.17) is 0 Å². The molecule has 2 N–H and O–H groups in total. The summed E-state index contributed by atoms with van der Waals surface area (Å²) in [5.41, 5.74) is 3.14. The van der Waals surface area contributed by atoms with Crippen LogP contribution < -0.4 is 0 Å². The second-order valence-electron chi connectivity index (χ2n) is 6.24. The first-order valence-corrected chi connectivity index (χ1v) is 8.24. The van der Waals surface area contributed by atoms with Gasteiger partial charge in [-0.2, -0.15) is 0 Å². The van der Waals surface area contributed by atoms with Gasteiger partial charge in [0.05, 0.1) is 5.69 Å². The van der Waals surface area contributed by atoms with E-state index in [0.717, 1.165) is 28.4 Å². The molecule has 2 atom stereocenters. The minimum atomic E-state index is -0.260. The van der Waals surface area contributed by atoms with E-state index in [2.05, 4.69) is 15.9 Å². The lowest BCUT2D eigenvalue weighted by atomic mass is 9.67. The number of Topliss-reactive ketones (excluding diaryl/α,β-unsaturated/α-hetero) is 1. The highest BCUT2D eigenvalue weighted by Crippen LogP contribution is 2.55. The fraction of sp³-hybridized carbons (Fsp3) is 0.353. The minimum absolute atomic E-state index is 0.0111. The zero-order valence-electron chi connectivity index (χ0n) is 12.1. The molecular weight excluding hydrogens is 346 g/mol. The predicted octanol–water partition coefficient (Wildman–Crippen LogP) is 3.89. The summed E-state index contributed by atoms with van der Waals surface area (Å²) >= 11 is 3.45. The summed E-state index contributed by atoms with van der Waals surface area (Å²) < 4.78 is 2.44. The Labute approximate surface area is 136 Å². The Morgan fingerprint density at radius 2 is 1.91 bits per heavy atom. The molecule has 0 aliphatic heterocycles. The first kappa shape index (κ1) is 13.9. The monoisotopic (exact) mass is 361 g/mol. The molecule has 1 saturated carbocycles. The van der Waals surface area contributed by atoms with Crippen LogP contribution in [-0.4, -0.2) is 20.6 Å². The molecule has 0 spiro atoms. The van der Waals surface area contributed by atoms with Crippen molar-refractivity contribution in [3.63, 3.8) is 0 Å². The number of fused-ring (bicyclic) bond motifs is 2. The molecule has 2 aromatic rings. The first-order chi connectivity index (χ1) is 10.5. The number of nitrogens with zero attached hydrogens (tertiary/aromatic N) is 1. The minimum Gasteiger partial charge on any atom is -0.494 e. The topological polar surface area (TPSA) is 62.5 Å². The SMILES string of the molecule is Cc1cc(-n2c(O)c3c(c2O)[C@@H]2CC[C@H]3CC2=O)ccc1Br. The second-order valence-corrected chi connectivity index (χ2v) is 7.10. The number of hydrogen-bond acceptors (Lipinski definition) is 3. The largest absolute Gasteiger partial charge is 0.494 e. The lowest BCUT2D eigenvalue weighted by Crippen LogP contribution is -2.28. The van der Waals surface area contributed by atoms with E-state index in [1.807, 2.05) is 25.1 Å². The van der Waals surface area contributed by atoms with Crippen LogP contribution in [0.25, 0.3) is 5.69 Å². The lowest BCUT2D eigenvalue weighted by molar-refractivity contribution is -0.123.